The third kappa shape index (κ3) is 2.70. The second kappa shape index (κ2) is 6.16. The van der Waals surface area contributed by atoms with Crippen LogP contribution in [0.15, 0.2) is 24.4 Å². The van der Waals surface area contributed by atoms with E-state index in [0.29, 0.717) is 18.7 Å². The molecule has 4 rings (SSSR count). The molecule has 2 fully saturated rings. The molecular weight excluding hydrogens is 338 g/mol. The standard InChI is InChI=1S/C19H22F2N4O/c1-24-10-14(17(23-24)13-4-3-12(20)9-15(13)21)18(26)25-8-5-16(22)19(11-25)6-2-7-19/h3-4,9-10,16H,2,5-8,11,22H2,1H3. The van der Waals surface area contributed by atoms with Crippen LogP contribution >= 0.6 is 0 Å². The summed E-state index contributed by atoms with van der Waals surface area (Å²) in [5.74, 6) is -1.56. The summed E-state index contributed by atoms with van der Waals surface area (Å²) in [5, 5.41) is 4.25. The predicted octanol–water partition coefficient (Wildman–Crippen LogP) is 2.71. The van der Waals surface area contributed by atoms with E-state index in [0.717, 1.165) is 31.7 Å². The van der Waals surface area contributed by atoms with Crippen molar-refractivity contribution in [2.75, 3.05) is 13.1 Å². The highest BCUT2D eigenvalue weighted by Gasteiger charge is 2.47. The van der Waals surface area contributed by atoms with Crippen LogP contribution in [0.5, 0.6) is 0 Å². The fourth-order valence-electron chi connectivity index (χ4n) is 4.21. The summed E-state index contributed by atoms with van der Waals surface area (Å²) in [5.41, 5.74) is 7.03. The lowest BCUT2D eigenvalue weighted by Crippen LogP contribution is -2.59. The number of nitrogens with two attached hydrogens (primary N) is 1. The zero-order chi connectivity index (χ0) is 18.5. The van der Waals surface area contributed by atoms with Gasteiger partial charge in [0.15, 0.2) is 0 Å². The highest BCUT2D eigenvalue weighted by atomic mass is 19.1. The van der Waals surface area contributed by atoms with Crippen LogP contribution in [0.1, 0.15) is 36.0 Å². The van der Waals surface area contributed by atoms with E-state index >= 15 is 0 Å². The molecule has 2 heterocycles. The minimum Gasteiger partial charge on any atom is -0.338 e. The Morgan fingerprint density at radius 1 is 1.35 bits per heavy atom. The number of carbonyl (C=O) groups excluding carboxylic acids is 1. The molecule has 26 heavy (non-hydrogen) atoms. The first-order valence-corrected chi connectivity index (χ1v) is 8.93. The molecule has 2 aliphatic rings. The molecule has 1 saturated carbocycles. The monoisotopic (exact) mass is 360 g/mol. The molecule has 1 atom stereocenters. The van der Waals surface area contributed by atoms with Gasteiger partial charge in [0.1, 0.15) is 17.3 Å². The molecule has 1 aromatic heterocycles. The molecule has 1 saturated heterocycles. The fraction of sp³-hybridized carbons (Fsp3) is 0.474. The van der Waals surface area contributed by atoms with E-state index in [9.17, 15) is 13.6 Å². The predicted molar refractivity (Wildman–Crippen MR) is 93.3 cm³/mol. The van der Waals surface area contributed by atoms with Gasteiger partial charge in [0, 0.05) is 49.4 Å². The first-order chi connectivity index (χ1) is 12.4. The summed E-state index contributed by atoms with van der Waals surface area (Å²) in [6.45, 7) is 1.22. The third-order valence-corrected chi connectivity index (χ3v) is 5.88. The number of benzene rings is 1. The summed E-state index contributed by atoms with van der Waals surface area (Å²) in [6.07, 6.45) is 5.61. The SMILES string of the molecule is Cn1cc(C(=O)N2CCC(N)C3(CCC3)C2)c(-c2ccc(F)cc2F)n1. The van der Waals surface area contributed by atoms with E-state index in [1.165, 1.54) is 16.8 Å². The van der Waals surface area contributed by atoms with Crippen LogP contribution in [0.25, 0.3) is 11.3 Å². The van der Waals surface area contributed by atoms with E-state index in [1.54, 1.807) is 13.2 Å². The zero-order valence-corrected chi connectivity index (χ0v) is 14.7. The van der Waals surface area contributed by atoms with Gasteiger partial charge in [0.05, 0.1) is 5.56 Å². The van der Waals surface area contributed by atoms with Gasteiger partial charge < -0.3 is 10.6 Å². The minimum atomic E-state index is -0.728. The molecule has 1 aliphatic carbocycles. The number of nitrogens with zero attached hydrogens (tertiary/aromatic N) is 3. The molecule has 0 radical (unpaired) electrons. The molecule has 2 aromatic rings. The van der Waals surface area contributed by atoms with Crippen LogP contribution in [0, 0.1) is 17.0 Å². The van der Waals surface area contributed by atoms with Gasteiger partial charge >= 0.3 is 0 Å². The molecule has 138 valence electrons. The second-order valence-electron chi connectivity index (χ2n) is 7.53. The van der Waals surface area contributed by atoms with Gasteiger partial charge in [-0.1, -0.05) is 6.42 Å². The van der Waals surface area contributed by atoms with Crippen molar-refractivity contribution in [3.8, 4) is 11.3 Å². The number of hydrogen-bond acceptors (Lipinski definition) is 3. The van der Waals surface area contributed by atoms with Crippen molar-refractivity contribution in [3.05, 3.63) is 41.6 Å². The highest BCUT2D eigenvalue weighted by Crippen LogP contribution is 2.47. The van der Waals surface area contributed by atoms with Crippen molar-refractivity contribution >= 4 is 5.91 Å². The number of likely N-dealkylation sites (tertiary alicyclic amines) is 1. The minimum absolute atomic E-state index is 0.0252. The molecular formula is C19H22F2N4O. The van der Waals surface area contributed by atoms with Crippen LogP contribution in [0.3, 0.4) is 0 Å². The van der Waals surface area contributed by atoms with Crippen molar-refractivity contribution in [2.24, 2.45) is 18.2 Å². The van der Waals surface area contributed by atoms with Gasteiger partial charge in [0.25, 0.3) is 5.91 Å². The second-order valence-corrected chi connectivity index (χ2v) is 7.53. The van der Waals surface area contributed by atoms with Crippen LogP contribution in [0.4, 0.5) is 8.78 Å². The van der Waals surface area contributed by atoms with E-state index < -0.39 is 11.6 Å². The largest absolute Gasteiger partial charge is 0.338 e. The Bertz CT molecular complexity index is 859. The van der Waals surface area contributed by atoms with E-state index in [4.69, 9.17) is 5.73 Å². The Labute approximate surface area is 150 Å². The third-order valence-electron chi connectivity index (χ3n) is 5.88. The van der Waals surface area contributed by atoms with E-state index in [-0.39, 0.29) is 28.6 Å². The summed E-state index contributed by atoms with van der Waals surface area (Å²) >= 11 is 0. The lowest BCUT2D eigenvalue weighted by molar-refractivity contribution is 0.00387. The van der Waals surface area contributed by atoms with Crippen LogP contribution in [-0.2, 0) is 7.05 Å². The molecule has 2 N–H and O–H groups in total. The van der Waals surface area contributed by atoms with Crippen LogP contribution in [0.2, 0.25) is 0 Å². The quantitative estimate of drug-likeness (QED) is 0.896. The normalized spacial score (nSPS) is 21.7. The number of amides is 1. The van der Waals surface area contributed by atoms with Gasteiger partial charge in [-0.25, -0.2) is 8.78 Å². The van der Waals surface area contributed by atoms with Crippen molar-refractivity contribution in [3.63, 3.8) is 0 Å². The summed E-state index contributed by atoms with van der Waals surface area (Å²) in [6, 6.07) is 3.43. The number of aromatic nitrogens is 2. The van der Waals surface area contributed by atoms with Gasteiger partial charge in [0.2, 0.25) is 0 Å². The molecule has 1 amide bonds. The smallest absolute Gasteiger partial charge is 0.257 e. The summed E-state index contributed by atoms with van der Waals surface area (Å²) < 4.78 is 29.0. The first-order valence-electron chi connectivity index (χ1n) is 8.93. The van der Waals surface area contributed by atoms with Gasteiger partial charge in [-0.3, -0.25) is 9.48 Å². The molecule has 5 nitrogen and oxygen atoms in total. The van der Waals surface area contributed by atoms with Crippen molar-refractivity contribution in [1.82, 2.24) is 14.7 Å². The number of rotatable bonds is 2. The molecule has 1 aliphatic heterocycles. The maximum atomic E-state index is 14.2. The van der Waals surface area contributed by atoms with Crippen molar-refractivity contribution in [2.45, 2.75) is 31.7 Å². The molecule has 7 heteroatoms. The Kier molecular flexibility index (Phi) is 4.06. The molecule has 1 spiro atoms. The van der Waals surface area contributed by atoms with Crippen LogP contribution < -0.4 is 5.73 Å². The highest BCUT2D eigenvalue weighted by molar-refractivity contribution is 6.00. The molecule has 1 unspecified atom stereocenters. The summed E-state index contributed by atoms with van der Waals surface area (Å²) in [4.78, 5) is 15.0. The van der Waals surface area contributed by atoms with Gasteiger partial charge in [-0.15, -0.1) is 0 Å². The van der Waals surface area contributed by atoms with E-state index in [2.05, 4.69) is 5.10 Å². The number of piperidine rings is 1. The summed E-state index contributed by atoms with van der Waals surface area (Å²) in [7, 11) is 1.68. The fourth-order valence-corrected chi connectivity index (χ4v) is 4.21. The number of carbonyl (C=O) groups is 1. The Morgan fingerprint density at radius 3 is 2.77 bits per heavy atom. The lowest BCUT2D eigenvalue weighted by atomic mass is 9.61. The Morgan fingerprint density at radius 2 is 2.12 bits per heavy atom. The van der Waals surface area contributed by atoms with Gasteiger partial charge in [-0.05, 0) is 31.4 Å². The number of hydrogen-bond donors (Lipinski definition) is 1. The number of aryl methyl sites for hydroxylation is 1. The maximum Gasteiger partial charge on any atom is 0.257 e. The first kappa shape index (κ1) is 17.1. The average molecular weight is 360 g/mol. The van der Waals surface area contributed by atoms with Crippen molar-refractivity contribution < 1.29 is 13.6 Å². The van der Waals surface area contributed by atoms with Crippen LogP contribution in [-0.4, -0.2) is 39.7 Å². The Balaban J connectivity index is 1.67. The Hall–Kier alpha value is -2.28. The lowest BCUT2D eigenvalue weighted by Gasteiger charge is -2.52. The maximum absolute atomic E-state index is 14.2. The molecule has 0 bridgehead atoms. The average Bonchev–Trinajstić information content (AvgIpc) is 2.94. The topological polar surface area (TPSA) is 64.2 Å². The zero-order valence-electron chi connectivity index (χ0n) is 14.7. The van der Waals surface area contributed by atoms with E-state index in [1.807, 2.05) is 4.90 Å². The van der Waals surface area contributed by atoms with Gasteiger partial charge in [-0.2, -0.15) is 5.10 Å². The van der Waals surface area contributed by atoms with Crippen molar-refractivity contribution in [1.29, 1.82) is 0 Å². The molecule has 1 aromatic carbocycles. The number of halogens is 2.